The van der Waals surface area contributed by atoms with Gasteiger partial charge in [0.05, 0.1) is 5.57 Å². The summed E-state index contributed by atoms with van der Waals surface area (Å²) < 4.78 is 0. The molecule has 6 heteroatoms. The molecule has 1 amide bonds. The number of Topliss-reactive ketones (excluding diaryl/α,β-unsaturated/α-hetero) is 1. The summed E-state index contributed by atoms with van der Waals surface area (Å²) in [6.07, 6.45) is 1.62. The van der Waals surface area contributed by atoms with Crippen LogP contribution in [0.25, 0.3) is 0 Å². The average Bonchev–Trinajstić information content (AvgIpc) is 3.02. The van der Waals surface area contributed by atoms with Crippen LogP contribution in [-0.4, -0.2) is 11.7 Å². The molecule has 2 aromatic carbocycles. The fourth-order valence-corrected chi connectivity index (χ4v) is 4.93. The van der Waals surface area contributed by atoms with Gasteiger partial charge in [0.1, 0.15) is 17.3 Å². The van der Waals surface area contributed by atoms with E-state index in [4.69, 9.17) is 5.73 Å². The predicted molar refractivity (Wildman–Crippen MR) is 113 cm³/mol. The fraction of sp³-hybridized carbons (Fsp3) is 0.208. The van der Waals surface area contributed by atoms with E-state index in [0.29, 0.717) is 41.8 Å². The van der Waals surface area contributed by atoms with Gasteiger partial charge in [-0.3, -0.25) is 14.5 Å². The second-order valence-corrected chi connectivity index (χ2v) is 7.89. The Hall–Kier alpha value is -3.85. The zero-order valence-corrected chi connectivity index (χ0v) is 16.5. The monoisotopic (exact) mass is 396 g/mol. The van der Waals surface area contributed by atoms with Gasteiger partial charge in [-0.1, -0.05) is 35.9 Å². The van der Waals surface area contributed by atoms with Crippen LogP contribution in [0.2, 0.25) is 0 Å². The Labute approximate surface area is 174 Å². The van der Waals surface area contributed by atoms with Crippen molar-refractivity contribution in [3.63, 3.8) is 0 Å². The van der Waals surface area contributed by atoms with E-state index < -0.39 is 11.3 Å². The number of ketones is 1. The van der Waals surface area contributed by atoms with E-state index in [0.717, 1.165) is 11.3 Å². The largest absolute Gasteiger partial charge is 0.384 e. The lowest BCUT2D eigenvalue weighted by Gasteiger charge is -2.43. The zero-order chi connectivity index (χ0) is 21.0. The normalized spacial score (nSPS) is 22.7. The predicted octanol–water partition coefficient (Wildman–Crippen LogP) is 3.41. The summed E-state index contributed by atoms with van der Waals surface area (Å²) in [5, 5.41) is 13.1. The van der Waals surface area contributed by atoms with Gasteiger partial charge in [0.15, 0.2) is 5.78 Å². The number of anilines is 2. The third-order valence-electron chi connectivity index (χ3n) is 6.23. The summed E-state index contributed by atoms with van der Waals surface area (Å²) in [5.41, 5.74) is 9.36. The lowest BCUT2D eigenvalue weighted by molar-refractivity contribution is -0.122. The molecule has 0 fully saturated rings. The summed E-state index contributed by atoms with van der Waals surface area (Å²) in [5.74, 6) is -0.309. The number of para-hydroxylation sites is 1. The van der Waals surface area contributed by atoms with Crippen molar-refractivity contribution >= 4 is 23.1 Å². The van der Waals surface area contributed by atoms with Gasteiger partial charge in [-0.2, -0.15) is 5.26 Å². The van der Waals surface area contributed by atoms with E-state index in [1.54, 1.807) is 17.0 Å². The first-order valence-electron chi connectivity index (χ1n) is 9.95. The third-order valence-corrected chi connectivity index (χ3v) is 6.23. The van der Waals surface area contributed by atoms with Gasteiger partial charge in [-0.25, -0.2) is 0 Å². The number of hydrogen-bond donors (Lipinski definition) is 2. The molecule has 1 spiro atoms. The van der Waals surface area contributed by atoms with Crippen LogP contribution >= 0.6 is 0 Å². The Morgan fingerprint density at radius 3 is 2.57 bits per heavy atom. The Bertz CT molecular complexity index is 1220. The van der Waals surface area contributed by atoms with Crippen LogP contribution in [0.4, 0.5) is 11.4 Å². The van der Waals surface area contributed by atoms with E-state index in [2.05, 4.69) is 11.4 Å². The number of hydrogen-bond acceptors (Lipinski definition) is 5. The number of rotatable bonds is 1. The molecule has 0 aromatic heterocycles. The van der Waals surface area contributed by atoms with E-state index in [-0.39, 0.29) is 17.2 Å². The fourth-order valence-electron chi connectivity index (χ4n) is 4.93. The molecule has 0 radical (unpaired) electrons. The quantitative estimate of drug-likeness (QED) is 0.770. The number of carbonyl (C=O) groups is 2. The van der Waals surface area contributed by atoms with E-state index >= 15 is 0 Å². The molecule has 3 N–H and O–H groups in total. The molecule has 0 saturated carbocycles. The van der Waals surface area contributed by atoms with Crippen LogP contribution in [0.3, 0.4) is 0 Å². The van der Waals surface area contributed by atoms with Gasteiger partial charge in [-0.05, 0) is 38.0 Å². The van der Waals surface area contributed by atoms with Crippen molar-refractivity contribution in [2.24, 2.45) is 5.73 Å². The minimum Gasteiger partial charge on any atom is -0.384 e. The molecule has 1 atom stereocenters. The molecule has 6 nitrogen and oxygen atoms in total. The highest BCUT2D eigenvalue weighted by atomic mass is 16.2. The van der Waals surface area contributed by atoms with Crippen LogP contribution in [0, 0.1) is 18.3 Å². The van der Waals surface area contributed by atoms with Crippen LogP contribution in [0.5, 0.6) is 0 Å². The number of amides is 1. The van der Waals surface area contributed by atoms with Gasteiger partial charge in [0.25, 0.3) is 0 Å². The molecule has 0 unspecified atom stereocenters. The SMILES string of the molecule is Cc1ccc(N2C(N)=C(C#N)[C@]3(C(=O)Nc4ccccc43)C3=C2CCCC3=O)cc1. The van der Waals surface area contributed by atoms with Crippen molar-refractivity contribution < 1.29 is 9.59 Å². The van der Waals surface area contributed by atoms with E-state index in [1.807, 2.05) is 43.3 Å². The molecule has 1 aliphatic carbocycles. The van der Waals surface area contributed by atoms with Gasteiger partial charge in [0, 0.05) is 34.6 Å². The first-order valence-corrected chi connectivity index (χ1v) is 9.95. The lowest BCUT2D eigenvalue weighted by Crippen LogP contribution is -2.50. The first-order chi connectivity index (χ1) is 14.5. The van der Waals surface area contributed by atoms with E-state index in [9.17, 15) is 14.9 Å². The van der Waals surface area contributed by atoms with Crippen LogP contribution in [-0.2, 0) is 15.0 Å². The number of nitrogens with one attached hydrogen (secondary N) is 1. The maximum absolute atomic E-state index is 13.5. The molecule has 148 valence electrons. The smallest absolute Gasteiger partial charge is 0.245 e. The molecule has 2 heterocycles. The summed E-state index contributed by atoms with van der Waals surface area (Å²) >= 11 is 0. The molecule has 3 aliphatic rings. The third kappa shape index (κ3) is 2.17. The maximum atomic E-state index is 13.5. The Morgan fingerprint density at radius 1 is 1.10 bits per heavy atom. The number of allylic oxidation sites excluding steroid dienone is 1. The lowest BCUT2D eigenvalue weighted by atomic mass is 9.64. The second kappa shape index (κ2) is 6.33. The van der Waals surface area contributed by atoms with Crippen molar-refractivity contribution in [2.45, 2.75) is 31.6 Å². The molecular weight excluding hydrogens is 376 g/mol. The number of fused-ring (bicyclic) bond motifs is 3. The molecule has 0 saturated heterocycles. The number of nitriles is 1. The minimum atomic E-state index is -1.50. The summed E-state index contributed by atoms with van der Waals surface area (Å²) in [6, 6.07) is 17.2. The first kappa shape index (κ1) is 18.2. The summed E-state index contributed by atoms with van der Waals surface area (Å²) in [4.78, 5) is 28.5. The number of benzene rings is 2. The standard InChI is InChI=1S/C24H20N4O2/c1-14-9-11-15(12-10-14)28-19-7-4-8-20(29)21(19)24(17(13-25)22(28)26)16-5-2-3-6-18(16)27-23(24)30/h2-3,5-6,9-12H,4,7-8,26H2,1H3,(H,27,30)/t24-/m0/s1. The number of carbonyl (C=O) groups excluding carboxylic acids is 2. The zero-order valence-electron chi connectivity index (χ0n) is 16.5. The Balaban J connectivity index is 1.87. The van der Waals surface area contributed by atoms with Crippen LogP contribution in [0.1, 0.15) is 30.4 Å². The molecular formula is C24H20N4O2. The van der Waals surface area contributed by atoms with Gasteiger partial charge in [0.2, 0.25) is 5.91 Å². The van der Waals surface area contributed by atoms with Crippen molar-refractivity contribution in [1.29, 1.82) is 5.26 Å². The number of nitrogens with zero attached hydrogens (tertiary/aromatic N) is 2. The minimum absolute atomic E-state index is 0.0968. The summed E-state index contributed by atoms with van der Waals surface area (Å²) in [6.45, 7) is 1.99. The van der Waals surface area contributed by atoms with Crippen LogP contribution < -0.4 is 16.0 Å². The van der Waals surface area contributed by atoms with Crippen molar-refractivity contribution in [3.8, 4) is 6.07 Å². The summed E-state index contributed by atoms with van der Waals surface area (Å²) in [7, 11) is 0. The molecule has 2 aromatic rings. The van der Waals surface area contributed by atoms with Crippen molar-refractivity contribution in [2.75, 3.05) is 10.2 Å². The highest BCUT2D eigenvalue weighted by Crippen LogP contribution is 2.54. The number of aryl methyl sites for hydroxylation is 1. The van der Waals surface area contributed by atoms with Crippen LogP contribution in [0.15, 0.2) is 71.2 Å². The number of nitrogens with two attached hydrogens (primary N) is 1. The Morgan fingerprint density at radius 2 is 1.83 bits per heavy atom. The van der Waals surface area contributed by atoms with Gasteiger partial charge in [-0.15, -0.1) is 0 Å². The molecule has 30 heavy (non-hydrogen) atoms. The van der Waals surface area contributed by atoms with E-state index in [1.165, 1.54) is 0 Å². The maximum Gasteiger partial charge on any atom is 0.245 e. The molecule has 2 aliphatic heterocycles. The van der Waals surface area contributed by atoms with Crippen molar-refractivity contribution in [3.05, 3.63) is 82.3 Å². The van der Waals surface area contributed by atoms with Crippen molar-refractivity contribution in [1.82, 2.24) is 0 Å². The topological polar surface area (TPSA) is 99.2 Å². The molecule has 5 rings (SSSR count). The highest BCUT2D eigenvalue weighted by molar-refractivity contribution is 6.19. The second-order valence-electron chi connectivity index (χ2n) is 7.89. The van der Waals surface area contributed by atoms with Gasteiger partial charge < -0.3 is 11.1 Å². The molecule has 0 bridgehead atoms. The highest BCUT2D eigenvalue weighted by Gasteiger charge is 2.59. The average molecular weight is 396 g/mol. The van der Waals surface area contributed by atoms with Gasteiger partial charge >= 0.3 is 0 Å². The Kier molecular flexibility index (Phi) is 3.84.